The summed E-state index contributed by atoms with van der Waals surface area (Å²) in [4.78, 5) is 6.07. The first-order valence-corrected chi connectivity index (χ1v) is 6.49. The quantitative estimate of drug-likeness (QED) is 0.837. The summed E-state index contributed by atoms with van der Waals surface area (Å²) in [5.41, 5.74) is 1.12. The molecular formula is C15H16N2O2. The molecule has 3 rings (SSSR count). The van der Waals surface area contributed by atoms with E-state index in [1.165, 1.54) is 6.39 Å². The van der Waals surface area contributed by atoms with E-state index < -0.39 is 0 Å². The molecule has 19 heavy (non-hydrogen) atoms. The molecule has 2 aromatic rings. The van der Waals surface area contributed by atoms with E-state index >= 15 is 0 Å². The van der Waals surface area contributed by atoms with Crippen LogP contribution in [0.5, 0.6) is 0 Å². The van der Waals surface area contributed by atoms with Gasteiger partial charge in [0.25, 0.3) is 0 Å². The summed E-state index contributed by atoms with van der Waals surface area (Å²) in [6.07, 6.45) is 7.11. The highest BCUT2D eigenvalue weighted by Crippen LogP contribution is 2.32. The SMILES string of the molecule is CCCC1OC(c2cnco2)=CN1c1ccccc1. The molecule has 0 aliphatic carbocycles. The van der Waals surface area contributed by atoms with Gasteiger partial charge in [0, 0.05) is 12.1 Å². The van der Waals surface area contributed by atoms with E-state index in [0.717, 1.165) is 24.3 Å². The highest BCUT2D eigenvalue weighted by molar-refractivity contribution is 5.64. The first-order chi connectivity index (χ1) is 9.38. The van der Waals surface area contributed by atoms with Crippen LogP contribution in [0.25, 0.3) is 5.76 Å². The zero-order valence-corrected chi connectivity index (χ0v) is 10.8. The van der Waals surface area contributed by atoms with Gasteiger partial charge in [0.15, 0.2) is 24.1 Å². The second-order valence-corrected chi connectivity index (χ2v) is 4.46. The van der Waals surface area contributed by atoms with Crippen LogP contribution in [0.1, 0.15) is 25.5 Å². The summed E-state index contributed by atoms with van der Waals surface area (Å²) in [6, 6.07) is 10.2. The molecule has 4 nitrogen and oxygen atoms in total. The maximum absolute atomic E-state index is 5.97. The molecule has 0 amide bonds. The Morgan fingerprint density at radius 1 is 1.26 bits per heavy atom. The number of benzene rings is 1. The number of rotatable bonds is 4. The third-order valence-corrected chi connectivity index (χ3v) is 3.09. The van der Waals surface area contributed by atoms with Crippen molar-refractivity contribution in [2.24, 2.45) is 0 Å². The van der Waals surface area contributed by atoms with E-state index in [4.69, 9.17) is 9.15 Å². The van der Waals surface area contributed by atoms with Crippen LogP contribution in [0.2, 0.25) is 0 Å². The van der Waals surface area contributed by atoms with Crippen molar-refractivity contribution in [3.63, 3.8) is 0 Å². The molecule has 0 saturated heterocycles. The highest BCUT2D eigenvalue weighted by Gasteiger charge is 2.28. The summed E-state index contributed by atoms with van der Waals surface area (Å²) in [5, 5.41) is 0. The summed E-state index contributed by atoms with van der Waals surface area (Å²) >= 11 is 0. The fourth-order valence-corrected chi connectivity index (χ4v) is 2.19. The first kappa shape index (κ1) is 11.8. The normalized spacial score (nSPS) is 18.3. The zero-order chi connectivity index (χ0) is 13.1. The molecule has 1 aliphatic rings. The van der Waals surface area contributed by atoms with Crippen LogP contribution >= 0.6 is 0 Å². The molecule has 0 saturated carbocycles. The van der Waals surface area contributed by atoms with Gasteiger partial charge in [-0.25, -0.2) is 4.98 Å². The molecule has 98 valence electrons. The van der Waals surface area contributed by atoms with Crippen molar-refractivity contribution in [3.8, 4) is 0 Å². The smallest absolute Gasteiger partial charge is 0.190 e. The number of nitrogens with zero attached hydrogens (tertiary/aromatic N) is 2. The average molecular weight is 256 g/mol. The third-order valence-electron chi connectivity index (χ3n) is 3.09. The summed E-state index contributed by atoms with van der Waals surface area (Å²) in [6.45, 7) is 2.15. The Balaban J connectivity index is 1.90. The number of ether oxygens (including phenoxy) is 1. The molecule has 1 aliphatic heterocycles. The van der Waals surface area contributed by atoms with Crippen molar-refractivity contribution in [1.82, 2.24) is 4.98 Å². The summed E-state index contributed by atoms with van der Waals surface area (Å²) in [5.74, 6) is 1.40. The maximum Gasteiger partial charge on any atom is 0.190 e. The van der Waals surface area contributed by atoms with E-state index in [9.17, 15) is 0 Å². The number of anilines is 1. The minimum Gasteiger partial charge on any atom is -0.465 e. The summed E-state index contributed by atoms with van der Waals surface area (Å²) < 4.78 is 11.3. The van der Waals surface area contributed by atoms with E-state index in [0.29, 0.717) is 5.76 Å². The van der Waals surface area contributed by atoms with E-state index in [1.54, 1.807) is 6.20 Å². The summed E-state index contributed by atoms with van der Waals surface area (Å²) in [7, 11) is 0. The van der Waals surface area contributed by atoms with Crippen molar-refractivity contribution in [1.29, 1.82) is 0 Å². The Hall–Kier alpha value is -2.23. The lowest BCUT2D eigenvalue weighted by molar-refractivity contribution is 0.176. The molecule has 0 fully saturated rings. The second kappa shape index (κ2) is 5.18. The standard InChI is InChI=1S/C15H16N2O2/c1-2-6-15-17(12-7-4-3-5-8-12)10-14(19-15)13-9-16-11-18-13/h3-5,7-11,15H,2,6H2,1H3. The minimum atomic E-state index is 0.0208. The van der Waals surface area contributed by atoms with Crippen LogP contribution in [0.15, 0.2) is 53.5 Å². The Kier molecular flexibility index (Phi) is 3.23. The Morgan fingerprint density at radius 3 is 2.79 bits per heavy atom. The Labute approximate surface area is 112 Å². The van der Waals surface area contributed by atoms with Gasteiger partial charge in [-0.1, -0.05) is 31.5 Å². The van der Waals surface area contributed by atoms with Gasteiger partial charge in [0.1, 0.15) is 0 Å². The largest absolute Gasteiger partial charge is 0.465 e. The van der Waals surface area contributed by atoms with Gasteiger partial charge in [-0.05, 0) is 12.1 Å². The van der Waals surface area contributed by atoms with Crippen LogP contribution in [0, 0.1) is 0 Å². The number of para-hydroxylation sites is 1. The highest BCUT2D eigenvalue weighted by atomic mass is 16.5. The molecule has 0 spiro atoms. The van der Waals surface area contributed by atoms with Crippen LogP contribution < -0.4 is 4.90 Å². The monoisotopic (exact) mass is 256 g/mol. The van der Waals surface area contributed by atoms with Gasteiger partial charge in [0.05, 0.1) is 12.4 Å². The van der Waals surface area contributed by atoms with E-state index in [1.807, 2.05) is 24.4 Å². The van der Waals surface area contributed by atoms with E-state index in [2.05, 4.69) is 28.9 Å². The van der Waals surface area contributed by atoms with Crippen LogP contribution in [-0.4, -0.2) is 11.2 Å². The fraction of sp³-hybridized carbons (Fsp3) is 0.267. The molecule has 0 N–H and O–H groups in total. The molecule has 4 heteroatoms. The second-order valence-electron chi connectivity index (χ2n) is 4.46. The van der Waals surface area contributed by atoms with Crippen LogP contribution in [0.3, 0.4) is 0 Å². The van der Waals surface area contributed by atoms with Gasteiger partial charge in [-0.15, -0.1) is 0 Å². The fourth-order valence-electron chi connectivity index (χ4n) is 2.19. The molecule has 1 atom stereocenters. The molecule has 1 unspecified atom stereocenters. The molecule has 1 aromatic carbocycles. The van der Waals surface area contributed by atoms with Crippen molar-refractivity contribution < 1.29 is 9.15 Å². The molecular weight excluding hydrogens is 240 g/mol. The first-order valence-electron chi connectivity index (χ1n) is 6.49. The van der Waals surface area contributed by atoms with Crippen molar-refractivity contribution in [3.05, 3.63) is 54.9 Å². The molecule has 2 heterocycles. The number of oxazole rings is 1. The maximum atomic E-state index is 5.97. The minimum absolute atomic E-state index is 0.0208. The van der Waals surface area contributed by atoms with Crippen molar-refractivity contribution >= 4 is 11.4 Å². The lowest BCUT2D eigenvalue weighted by atomic mass is 10.2. The van der Waals surface area contributed by atoms with Crippen LogP contribution in [-0.2, 0) is 4.74 Å². The van der Waals surface area contributed by atoms with Gasteiger partial charge in [-0.3, -0.25) is 0 Å². The van der Waals surface area contributed by atoms with Crippen LogP contribution in [0.4, 0.5) is 5.69 Å². The number of hydrogen-bond donors (Lipinski definition) is 0. The predicted molar refractivity (Wildman–Crippen MR) is 73.2 cm³/mol. The van der Waals surface area contributed by atoms with Gasteiger partial charge >= 0.3 is 0 Å². The van der Waals surface area contributed by atoms with Gasteiger partial charge < -0.3 is 14.1 Å². The van der Waals surface area contributed by atoms with Crippen molar-refractivity contribution in [2.75, 3.05) is 4.90 Å². The Bertz CT molecular complexity index is 549. The zero-order valence-electron chi connectivity index (χ0n) is 10.8. The van der Waals surface area contributed by atoms with Gasteiger partial charge in [-0.2, -0.15) is 0 Å². The van der Waals surface area contributed by atoms with Crippen molar-refractivity contribution in [2.45, 2.75) is 26.0 Å². The molecule has 0 bridgehead atoms. The number of aromatic nitrogens is 1. The predicted octanol–water partition coefficient (Wildman–Crippen LogP) is 3.64. The number of hydrogen-bond acceptors (Lipinski definition) is 4. The lowest BCUT2D eigenvalue weighted by Gasteiger charge is -2.23. The molecule has 1 aromatic heterocycles. The average Bonchev–Trinajstić information content (AvgIpc) is 3.08. The lowest BCUT2D eigenvalue weighted by Crippen LogP contribution is -2.27. The van der Waals surface area contributed by atoms with Gasteiger partial charge in [0.2, 0.25) is 0 Å². The third kappa shape index (κ3) is 2.34. The topological polar surface area (TPSA) is 38.5 Å². The van der Waals surface area contributed by atoms with E-state index in [-0.39, 0.29) is 6.23 Å². The Morgan fingerprint density at radius 2 is 2.11 bits per heavy atom. The molecule has 0 radical (unpaired) electrons.